The Kier molecular flexibility index (Phi) is 4.91. The summed E-state index contributed by atoms with van der Waals surface area (Å²) >= 11 is 0. The van der Waals surface area contributed by atoms with Gasteiger partial charge in [0.25, 0.3) is 0 Å². The molecule has 2 aromatic rings. The topological polar surface area (TPSA) is 12.0 Å². The zero-order valence-corrected chi connectivity index (χ0v) is 12.3. The number of rotatable bonds is 5. The van der Waals surface area contributed by atoms with Crippen LogP contribution >= 0.6 is 0 Å². The van der Waals surface area contributed by atoms with Gasteiger partial charge in [-0.05, 0) is 36.1 Å². The number of halogens is 1. The lowest BCUT2D eigenvalue weighted by molar-refractivity contribution is 0.374. The molecule has 2 atom stereocenters. The highest BCUT2D eigenvalue weighted by atomic mass is 19.1. The van der Waals surface area contributed by atoms with E-state index >= 15 is 0 Å². The van der Waals surface area contributed by atoms with Gasteiger partial charge in [0.2, 0.25) is 0 Å². The van der Waals surface area contributed by atoms with Crippen molar-refractivity contribution >= 4 is 0 Å². The second-order valence-corrected chi connectivity index (χ2v) is 5.58. The summed E-state index contributed by atoms with van der Waals surface area (Å²) in [4.78, 5) is 0. The Morgan fingerprint density at radius 2 is 1.50 bits per heavy atom. The van der Waals surface area contributed by atoms with Crippen LogP contribution in [0.15, 0.2) is 54.6 Å². The molecule has 1 N–H and O–H groups in total. The fourth-order valence-corrected chi connectivity index (χ4v) is 2.48. The van der Waals surface area contributed by atoms with E-state index < -0.39 is 0 Å². The Hall–Kier alpha value is -1.67. The summed E-state index contributed by atoms with van der Waals surface area (Å²) in [6.45, 7) is 6.47. The first-order valence-corrected chi connectivity index (χ1v) is 7.14. The summed E-state index contributed by atoms with van der Waals surface area (Å²) in [6, 6.07) is 17.6. The Morgan fingerprint density at radius 3 is 2.10 bits per heavy atom. The summed E-state index contributed by atoms with van der Waals surface area (Å²) < 4.78 is 13.3. The van der Waals surface area contributed by atoms with Gasteiger partial charge >= 0.3 is 0 Å². The van der Waals surface area contributed by atoms with Crippen LogP contribution in [0.3, 0.4) is 0 Å². The van der Waals surface area contributed by atoms with E-state index in [1.54, 1.807) is 12.1 Å². The molecule has 0 aromatic heterocycles. The molecular weight excluding hydrogens is 249 g/mol. The molecule has 0 spiro atoms. The quantitative estimate of drug-likeness (QED) is 0.817. The lowest BCUT2D eigenvalue weighted by Gasteiger charge is -2.27. The molecule has 20 heavy (non-hydrogen) atoms. The first-order chi connectivity index (χ1) is 9.58. The van der Waals surface area contributed by atoms with Crippen LogP contribution in [0.2, 0.25) is 0 Å². The molecule has 1 nitrogen and oxygen atoms in total. The molecule has 0 saturated carbocycles. The van der Waals surface area contributed by atoms with E-state index in [-0.39, 0.29) is 17.9 Å². The van der Waals surface area contributed by atoms with Crippen molar-refractivity contribution in [1.82, 2.24) is 5.32 Å². The third-order valence-corrected chi connectivity index (χ3v) is 3.60. The molecular formula is C18H22FN. The fraction of sp³-hybridized carbons (Fsp3) is 0.333. The summed E-state index contributed by atoms with van der Waals surface area (Å²) in [5.41, 5.74) is 2.25. The summed E-state index contributed by atoms with van der Waals surface area (Å²) in [7, 11) is 0. The van der Waals surface area contributed by atoms with Crippen molar-refractivity contribution < 1.29 is 4.39 Å². The van der Waals surface area contributed by atoms with Gasteiger partial charge < -0.3 is 5.32 Å². The van der Waals surface area contributed by atoms with E-state index in [9.17, 15) is 4.39 Å². The molecule has 0 aliphatic carbocycles. The Bertz CT molecular complexity index is 536. The number of benzene rings is 2. The van der Waals surface area contributed by atoms with Crippen molar-refractivity contribution in [1.29, 1.82) is 0 Å². The van der Waals surface area contributed by atoms with E-state index in [0.29, 0.717) is 5.92 Å². The fourth-order valence-electron chi connectivity index (χ4n) is 2.48. The van der Waals surface area contributed by atoms with Crippen molar-refractivity contribution in [2.45, 2.75) is 32.9 Å². The van der Waals surface area contributed by atoms with Crippen molar-refractivity contribution in [2.75, 3.05) is 0 Å². The van der Waals surface area contributed by atoms with Crippen LogP contribution in [0.1, 0.15) is 44.0 Å². The molecule has 2 heteroatoms. The van der Waals surface area contributed by atoms with Gasteiger partial charge in [-0.15, -0.1) is 0 Å². The third kappa shape index (κ3) is 3.67. The molecule has 0 aliphatic rings. The van der Waals surface area contributed by atoms with Gasteiger partial charge in [0.05, 0.1) is 0 Å². The molecule has 1 unspecified atom stereocenters. The van der Waals surface area contributed by atoms with Gasteiger partial charge in [0.1, 0.15) is 5.82 Å². The van der Waals surface area contributed by atoms with Crippen LogP contribution in [-0.2, 0) is 0 Å². The normalized spacial score (nSPS) is 14.2. The van der Waals surface area contributed by atoms with Crippen LogP contribution in [0.5, 0.6) is 0 Å². The standard InChI is InChI=1S/C18H22FN/c1-13(2)18(15-8-5-4-6-9-15)20-14(3)16-10-7-11-17(19)12-16/h4-14,18,20H,1-3H3/t14-,18?/m1/s1. The maximum absolute atomic E-state index is 13.3. The second-order valence-electron chi connectivity index (χ2n) is 5.58. The first kappa shape index (κ1) is 14.7. The molecule has 0 fully saturated rings. The first-order valence-electron chi connectivity index (χ1n) is 7.14. The highest BCUT2D eigenvalue weighted by Gasteiger charge is 2.18. The SMILES string of the molecule is CC(C)C(N[C@H](C)c1cccc(F)c1)c1ccccc1. The molecule has 0 bridgehead atoms. The van der Waals surface area contributed by atoms with Gasteiger partial charge in [-0.25, -0.2) is 4.39 Å². The van der Waals surface area contributed by atoms with Crippen LogP contribution in [0.25, 0.3) is 0 Å². The number of hydrogen-bond donors (Lipinski definition) is 1. The molecule has 0 radical (unpaired) electrons. The van der Waals surface area contributed by atoms with Crippen molar-refractivity contribution in [3.63, 3.8) is 0 Å². The largest absolute Gasteiger partial charge is 0.303 e. The maximum atomic E-state index is 13.3. The maximum Gasteiger partial charge on any atom is 0.123 e. The van der Waals surface area contributed by atoms with Crippen molar-refractivity contribution in [3.05, 3.63) is 71.5 Å². The lowest BCUT2D eigenvalue weighted by atomic mass is 9.94. The van der Waals surface area contributed by atoms with Gasteiger partial charge in [-0.2, -0.15) is 0 Å². The minimum absolute atomic E-state index is 0.110. The predicted octanol–water partition coefficient (Wildman–Crippen LogP) is 4.87. The second kappa shape index (κ2) is 6.67. The average molecular weight is 271 g/mol. The van der Waals surface area contributed by atoms with Crippen LogP contribution in [-0.4, -0.2) is 0 Å². The average Bonchev–Trinajstić information content (AvgIpc) is 2.45. The van der Waals surface area contributed by atoms with Gasteiger partial charge in [-0.3, -0.25) is 0 Å². The van der Waals surface area contributed by atoms with Crippen LogP contribution in [0.4, 0.5) is 4.39 Å². The number of hydrogen-bond acceptors (Lipinski definition) is 1. The Labute approximate surface area is 120 Å². The molecule has 106 valence electrons. The van der Waals surface area contributed by atoms with E-state index in [2.05, 4.69) is 50.4 Å². The molecule has 0 aliphatic heterocycles. The monoisotopic (exact) mass is 271 g/mol. The van der Waals surface area contributed by atoms with E-state index in [1.807, 2.05) is 12.1 Å². The summed E-state index contributed by atoms with van der Waals surface area (Å²) in [5, 5.41) is 3.61. The number of nitrogens with one attached hydrogen (secondary N) is 1. The highest BCUT2D eigenvalue weighted by Crippen LogP contribution is 2.25. The predicted molar refractivity (Wildman–Crippen MR) is 82.0 cm³/mol. The lowest BCUT2D eigenvalue weighted by Crippen LogP contribution is -2.28. The van der Waals surface area contributed by atoms with Crippen LogP contribution in [0, 0.1) is 11.7 Å². The van der Waals surface area contributed by atoms with E-state index in [0.717, 1.165) is 5.56 Å². The highest BCUT2D eigenvalue weighted by molar-refractivity contribution is 5.23. The van der Waals surface area contributed by atoms with E-state index in [1.165, 1.54) is 11.6 Å². The van der Waals surface area contributed by atoms with Crippen LogP contribution < -0.4 is 5.32 Å². The van der Waals surface area contributed by atoms with Gasteiger partial charge in [0.15, 0.2) is 0 Å². The molecule has 0 saturated heterocycles. The van der Waals surface area contributed by atoms with Crippen molar-refractivity contribution in [3.8, 4) is 0 Å². The molecule has 0 amide bonds. The Balaban J connectivity index is 2.17. The summed E-state index contributed by atoms with van der Waals surface area (Å²) in [5.74, 6) is 0.283. The molecule has 2 rings (SSSR count). The minimum atomic E-state index is -0.183. The zero-order valence-electron chi connectivity index (χ0n) is 12.3. The van der Waals surface area contributed by atoms with Gasteiger partial charge in [-0.1, -0.05) is 56.3 Å². The van der Waals surface area contributed by atoms with Gasteiger partial charge in [0, 0.05) is 12.1 Å². The molecule has 0 heterocycles. The zero-order chi connectivity index (χ0) is 14.5. The Morgan fingerprint density at radius 1 is 0.850 bits per heavy atom. The summed E-state index contributed by atoms with van der Waals surface area (Å²) in [6.07, 6.45) is 0. The minimum Gasteiger partial charge on any atom is -0.303 e. The molecule has 2 aromatic carbocycles. The van der Waals surface area contributed by atoms with Crippen molar-refractivity contribution in [2.24, 2.45) is 5.92 Å². The van der Waals surface area contributed by atoms with E-state index in [4.69, 9.17) is 0 Å². The third-order valence-electron chi connectivity index (χ3n) is 3.60. The smallest absolute Gasteiger partial charge is 0.123 e.